The number of carbonyl (C=O) groups is 2. The van der Waals surface area contributed by atoms with Gasteiger partial charge in [0.05, 0.1) is 6.33 Å². The minimum absolute atomic E-state index is 0. The lowest BCUT2D eigenvalue weighted by Gasteiger charge is -2.11. The third-order valence-corrected chi connectivity index (χ3v) is 1.65. The van der Waals surface area contributed by atoms with E-state index in [4.69, 9.17) is 5.11 Å². The lowest BCUT2D eigenvalue weighted by atomic mass is 10.1. The first-order chi connectivity index (χ1) is 6.59. The van der Waals surface area contributed by atoms with Crippen LogP contribution >= 0.6 is 12.4 Å². The average Bonchev–Trinajstić information content (AvgIpc) is 2.54. The van der Waals surface area contributed by atoms with Gasteiger partial charge in [0, 0.05) is 25.2 Å². The Morgan fingerprint density at radius 3 is 2.73 bits per heavy atom. The largest absolute Gasteiger partial charge is 0.480 e. The van der Waals surface area contributed by atoms with Gasteiger partial charge >= 0.3 is 5.97 Å². The zero-order chi connectivity index (χ0) is 10.6. The number of aromatic nitrogens is 2. The first-order valence-corrected chi connectivity index (χ1v) is 4.06. The highest BCUT2D eigenvalue weighted by Crippen LogP contribution is 1.98. The standard InChI is InChI=1S/C8H11N3O3.ClH/c1-5(12)11-7(8(13)14)2-6-3-9-4-10-6;/h3-4,7H,2H2,1H3,(H,9,10)(H,11,12)(H,13,14);1H/t7-;/m1./s1. The van der Waals surface area contributed by atoms with Crippen molar-refractivity contribution in [3.05, 3.63) is 18.2 Å². The van der Waals surface area contributed by atoms with Gasteiger partial charge in [-0.1, -0.05) is 0 Å². The maximum absolute atomic E-state index is 10.7. The van der Waals surface area contributed by atoms with E-state index in [1.807, 2.05) is 0 Å². The van der Waals surface area contributed by atoms with E-state index in [9.17, 15) is 9.59 Å². The molecule has 1 rings (SSSR count). The normalized spacial score (nSPS) is 11.3. The molecule has 0 aliphatic heterocycles. The van der Waals surface area contributed by atoms with E-state index in [-0.39, 0.29) is 24.7 Å². The van der Waals surface area contributed by atoms with E-state index in [1.165, 1.54) is 19.4 Å². The fraction of sp³-hybridized carbons (Fsp3) is 0.375. The summed E-state index contributed by atoms with van der Waals surface area (Å²) in [6.07, 6.45) is 3.19. The van der Waals surface area contributed by atoms with Crippen LogP contribution in [0.15, 0.2) is 12.5 Å². The Morgan fingerprint density at radius 1 is 1.67 bits per heavy atom. The second kappa shape index (κ2) is 6.02. The summed E-state index contributed by atoms with van der Waals surface area (Å²) >= 11 is 0. The van der Waals surface area contributed by atoms with Crippen LogP contribution in [0.25, 0.3) is 0 Å². The summed E-state index contributed by atoms with van der Waals surface area (Å²) in [6.45, 7) is 1.28. The minimum Gasteiger partial charge on any atom is -0.480 e. The maximum Gasteiger partial charge on any atom is 0.326 e. The number of carboxylic acid groups (broad SMARTS) is 1. The van der Waals surface area contributed by atoms with Crippen molar-refractivity contribution in [3.63, 3.8) is 0 Å². The Hall–Kier alpha value is -1.56. The highest BCUT2D eigenvalue weighted by atomic mass is 35.5. The highest BCUT2D eigenvalue weighted by Gasteiger charge is 2.18. The molecule has 0 aliphatic carbocycles. The van der Waals surface area contributed by atoms with Crippen molar-refractivity contribution in [2.24, 2.45) is 0 Å². The minimum atomic E-state index is -1.06. The second-order valence-electron chi connectivity index (χ2n) is 2.87. The van der Waals surface area contributed by atoms with Crippen molar-refractivity contribution < 1.29 is 14.7 Å². The van der Waals surface area contributed by atoms with Crippen molar-refractivity contribution in [2.75, 3.05) is 0 Å². The van der Waals surface area contributed by atoms with E-state index >= 15 is 0 Å². The average molecular weight is 234 g/mol. The van der Waals surface area contributed by atoms with E-state index in [0.29, 0.717) is 5.69 Å². The first-order valence-electron chi connectivity index (χ1n) is 4.06. The summed E-state index contributed by atoms with van der Waals surface area (Å²) in [5.41, 5.74) is 0.672. The van der Waals surface area contributed by atoms with Crippen molar-refractivity contribution in [1.29, 1.82) is 0 Å². The second-order valence-corrected chi connectivity index (χ2v) is 2.87. The summed E-state index contributed by atoms with van der Waals surface area (Å²) in [7, 11) is 0. The van der Waals surface area contributed by atoms with Crippen LogP contribution in [0.1, 0.15) is 12.6 Å². The molecule has 1 atom stereocenters. The molecule has 0 saturated heterocycles. The van der Waals surface area contributed by atoms with Gasteiger partial charge in [-0.05, 0) is 0 Å². The van der Waals surface area contributed by atoms with Crippen LogP contribution in [0.4, 0.5) is 0 Å². The molecule has 6 nitrogen and oxygen atoms in total. The number of hydrogen-bond acceptors (Lipinski definition) is 3. The van der Waals surface area contributed by atoms with Gasteiger partial charge in [0.15, 0.2) is 0 Å². The van der Waals surface area contributed by atoms with E-state index in [2.05, 4.69) is 15.3 Å². The van der Waals surface area contributed by atoms with Crippen molar-refractivity contribution in [1.82, 2.24) is 15.3 Å². The molecule has 1 amide bonds. The van der Waals surface area contributed by atoms with Crippen molar-refractivity contribution in [2.45, 2.75) is 19.4 Å². The van der Waals surface area contributed by atoms with E-state index in [1.54, 1.807) is 0 Å². The zero-order valence-corrected chi connectivity index (χ0v) is 8.87. The molecule has 0 unspecified atom stereocenters. The molecule has 1 aromatic rings. The summed E-state index contributed by atoms with van der Waals surface area (Å²) in [6, 6.07) is -0.909. The Balaban J connectivity index is 0.00000196. The fourth-order valence-electron chi connectivity index (χ4n) is 1.06. The van der Waals surface area contributed by atoms with Gasteiger partial charge < -0.3 is 15.4 Å². The molecule has 0 fully saturated rings. The first kappa shape index (κ1) is 13.4. The van der Waals surface area contributed by atoms with Crippen LogP contribution in [0.3, 0.4) is 0 Å². The topological polar surface area (TPSA) is 95.1 Å². The molecule has 0 aromatic carbocycles. The maximum atomic E-state index is 10.7. The molecule has 84 valence electrons. The molecular weight excluding hydrogens is 222 g/mol. The number of nitrogens with one attached hydrogen (secondary N) is 2. The highest BCUT2D eigenvalue weighted by molar-refractivity contribution is 5.85. The Bertz CT molecular complexity index is 326. The van der Waals surface area contributed by atoms with Crippen molar-refractivity contribution in [3.8, 4) is 0 Å². The number of rotatable bonds is 4. The predicted octanol–water partition coefficient (Wildman–Crippen LogP) is -0.0367. The monoisotopic (exact) mass is 233 g/mol. The van der Waals surface area contributed by atoms with Gasteiger partial charge in [-0.2, -0.15) is 0 Å². The number of aliphatic carboxylic acids is 1. The molecule has 7 heteroatoms. The number of carbonyl (C=O) groups excluding carboxylic acids is 1. The summed E-state index contributed by atoms with van der Waals surface area (Å²) in [4.78, 5) is 27.9. The van der Waals surface area contributed by atoms with Crippen LogP contribution in [0.2, 0.25) is 0 Å². The zero-order valence-electron chi connectivity index (χ0n) is 8.06. The molecule has 0 saturated carbocycles. The van der Waals surface area contributed by atoms with Crippen LogP contribution < -0.4 is 5.32 Å². The molecule has 3 N–H and O–H groups in total. The smallest absolute Gasteiger partial charge is 0.326 e. The number of hydrogen-bond donors (Lipinski definition) is 3. The molecular formula is C8H12ClN3O3. The molecule has 1 aromatic heterocycles. The molecule has 0 aliphatic rings. The number of amides is 1. The molecule has 1 heterocycles. The number of H-pyrrole nitrogens is 1. The van der Waals surface area contributed by atoms with Gasteiger partial charge in [0.1, 0.15) is 6.04 Å². The molecule has 0 radical (unpaired) electrons. The van der Waals surface area contributed by atoms with Gasteiger partial charge in [0.2, 0.25) is 5.91 Å². The van der Waals surface area contributed by atoms with Gasteiger partial charge in [-0.3, -0.25) is 4.79 Å². The summed E-state index contributed by atoms with van der Waals surface area (Å²) < 4.78 is 0. The lowest BCUT2D eigenvalue weighted by Crippen LogP contribution is -2.41. The number of carboxylic acids is 1. The Kier molecular flexibility index (Phi) is 5.40. The number of halogens is 1. The quantitative estimate of drug-likeness (QED) is 0.680. The number of nitrogens with zero attached hydrogens (tertiary/aromatic N) is 1. The molecule has 15 heavy (non-hydrogen) atoms. The summed E-state index contributed by atoms with van der Waals surface area (Å²) in [5.74, 6) is -1.42. The molecule has 0 spiro atoms. The van der Waals surface area contributed by atoms with Crippen LogP contribution in [0, 0.1) is 0 Å². The van der Waals surface area contributed by atoms with Crippen molar-refractivity contribution >= 4 is 24.3 Å². The van der Waals surface area contributed by atoms with E-state index < -0.39 is 12.0 Å². The SMILES string of the molecule is CC(=O)N[C@H](Cc1cnc[nH]1)C(=O)O.Cl. The van der Waals surface area contributed by atoms with Crippen LogP contribution in [-0.2, 0) is 16.0 Å². The Morgan fingerprint density at radius 2 is 2.33 bits per heavy atom. The van der Waals surface area contributed by atoms with Gasteiger partial charge in [-0.25, -0.2) is 9.78 Å². The van der Waals surface area contributed by atoms with Gasteiger partial charge in [0.25, 0.3) is 0 Å². The van der Waals surface area contributed by atoms with Crippen LogP contribution in [-0.4, -0.2) is 33.0 Å². The third kappa shape index (κ3) is 4.46. The number of aromatic amines is 1. The Labute approximate surface area is 92.5 Å². The molecule has 0 bridgehead atoms. The predicted molar refractivity (Wildman–Crippen MR) is 54.8 cm³/mol. The van der Waals surface area contributed by atoms with Crippen LogP contribution in [0.5, 0.6) is 0 Å². The number of imidazole rings is 1. The fourth-order valence-corrected chi connectivity index (χ4v) is 1.06. The summed E-state index contributed by atoms with van der Waals surface area (Å²) in [5, 5.41) is 11.1. The van der Waals surface area contributed by atoms with Gasteiger partial charge in [-0.15, -0.1) is 12.4 Å². The lowest BCUT2D eigenvalue weighted by molar-refractivity contribution is -0.141. The van der Waals surface area contributed by atoms with E-state index in [0.717, 1.165) is 0 Å². The third-order valence-electron chi connectivity index (χ3n) is 1.65.